The normalized spacial score (nSPS) is 26.5. The van der Waals surface area contributed by atoms with Crippen LogP contribution in [0.1, 0.15) is 45.1 Å². The van der Waals surface area contributed by atoms with Gasteiger partial charge in [0.25, 0.3) is 0 Å². The maximum atomic E-state index is 13.2. The Morgan fingerprint density at radius 1 is 1.08 bits per heavy atom. The molecule has 1 aliphatic carbocycles. The Kier molecular flexibility index (Phi) is 7.84. The molecular formula is C19H29O6P. The highest BCUT2D eigenvalue weighted by Gasteiger charge is 2.51. The van der Waals surface area contributed by atoms with Gasteiger partial charge in [0.2, 0.25) is 0 Å². The van der Waals surface area contributed by atoms with Crippen molar-refractivity contribution in [3.8, 4) is 0 Å². The summed E-state index contributed by atoms with van der Waals surface area (Å²) in [4.78, 5) is 12.6. The molecule has 0 aromatic heterocycles. The van der Waals surface area contributed by atoms with E-state index in [2.05, 4.69) is 0 Å². The van der Waals surface area contributed by atoms with Gasteiger partial charge in [-0.05, 0) is 45.1 Å². The topological polar surface area (TPSA) is 82.1 Å². The van der Waals surface area contributed by atoms with E-state index in [0.29, 0.717) is 12.8 Å². The quantitative estimate of drug-likeness (QED) is 0.543. The summed E-state index contributed by atoms with van der Waals surface area (Å²) in [5, 5.41) is 11.0. The fourth-order valence-corrected chi connectivity index (χ4v) is 5.93. The summed E-state index contributed by atoms with van der Waals surface area (Å²) in [7, 11) is -3.52. The number of ether oxygens (including phenoxy) is 1. The largest absolute Gasteiger partial charge is 0.466 e. The maximum Gasteiger partial charge on any atom is 0.336 e. The standard InChI is InChI=1S/C19H29O6P/c1-4-23-19(21)17-15(14-10-8-7-9-11-14)12-13-16(18(17)20)26(22,24-5-2)25-6-3/h7-11,15-18,20H,4-6,12-13H2,1-3H3/t15-,16+,17-,18+/m0/s1. The van der Waals surface area contributed by atoms with Crippen molar-refractivity contribution in [2.45, 2.75) is 51.3 Å². The zero-order valence-corrected chi connectivity index (χ0v) is 16.6. The molecule has 0 saturated heterocycles. The number of esters is 1. The van der Waals surface area contributed by atoms with Gasteiger partial charge in [-0.15, -0.1) is 0 Å². The van der Waals surface area contributed by atoms with Gasteiger partial charge in [-0.2, -0.15) is 0 Å². The minimum atomic E-state index is -3.52. The third-order valence-corrected chi connectivity index (χ3v) is 7.39. The minimum Gasteiger partial charge on any atom is -0.466 e. The highest BCUT2D eigenvalue weighted by Crippen LogP contribution is 2.59. The third-order valence-electron chi connectivity index (χ3n) is 4.78. The zero-order valence-electron chi connectivity index (χ0n) is 15.7. The van der Waals surface area contributed by atoms with Gasteiger partial charge in [-0.3, -0.25) is 9.36 Å². The van der Waals surface area contributed by atoms with E-state index < -0.39 is 31.2 Å². The van der Waals surface area contributed by atoms with Crippen molar-refractivity contribution in [2.75, 3.05) is 19.8 Å². The lowest BCUT2D eigenvalue weighted by Crippen LogP contribution is -2.46. The Bertz CT molecular complexity index is 610. The Morgan fingerprint density at radius 2 is 1.69 bits per heavy atom. The van der Waals surface area contributed by atoms with Crippen LogP contribution in [0.3, 0.4) is 0 Å². The molecule has 1 aromatic rings. The van der Waals surface area contributed by atoms with Gasteiger partial charge >= 0.3 is 13.6 Å². The molecule has 0 radical (unpaired) electrons. The first-order valence-corrected chi connectivity index (χ1v) is 10.9. The van der Waals surface area contributed by atoms with Crippen LogP contribution in [-0.4, -0.2) is 42.7 Å². The monoisotopic (exact) mass is 384 g/mol. The summed E-state index contributed by atoms with van der Waals surface area (Å²) in [5.74, 6) is -1.47. The summed E-state index contributed by atoms with van der Waals surface area (Å²) >= 11 is 0. The van der Waals surface area contributed by atoms with Crippen molar-refractivity contribution in [3.05, 3.63) is 35.9 Å². The smallest absolute Gasteiger partial charge is 0.336 e. The highest BCUT2D eigenvalue weighted by molar-refractivity contribution is 7.54. The van der Waals surface area contributed by atoms with Crippen LogP contribution in [0.5, 0.6) is 0 Å². The van der Waals surface area contributed by atoms with Gasteiger partial charge < -0.3 is 18.9 Å². The van der Waals surface area contributed by atoms with Crippen molar-refractivity contribution in [3.63, 3.8) is 0 Å². The zero-order chi connectivity index (χ0) is 19.2. The Balaban J connectivity index is 2.36. The predicted molar refractivity (Wildman–Crippen MR) is 99.2 cm³/mol. The van der Waals surface area contributed by atoms with Crippen molar-refractivity contribution < 1.29 is 28.3 Å². The van der Waals surface area contributed by atoms with E-state index in [-0.39, 0.29) is 25.7 Å². The van der Waals surface area contributed by atoms with E-state index in [4.69, 9.17) is 13.8 Å². The second kappa shape index (κ2) is 9.65. The number of rotatable bonds is 8. The van der Waals surface area contributed by atoms with E-state index in [9.17, 15) is 14.5 Å². The lowest BCUT2D eigenvalue weighted by Gasteiger charge is -2.41. The van der Waals surface area contributed by atoms with Crippen LogP contribution >= 0.6 is 7.60 Å². The van der Waals surface area contributed by atoms with E-state index in [1.165, 1.54) is 0 Å². The van der Waals surface area contributed by atoms with Crippen LogP contribution in [0.15, 0.2) is 30.3 Å². The molecule has 2 rings (SSSR count). The summed E-state index contributed by atoms with van der Waals surface area (Å²) in [5.41, 5.74) is 0.225. The Morgan fingerprint density at radius 3 is 2.23 bits per heavy atom. The van der Waals surface area contributed by atoms with Crippen LogP contribution in [-0.2, 0) is 23.1 Å². The molecule has 1 aliphatic rings. The first kappa shape index (κ1) is 21.1. The van der Waals surface area contributed by atoms with Crippen LogP contribution in [0.25, 0.3) is 0 Å². The fourth-order valence-electron chi connectivity index (χ4n) is 3.73. The second-order valence-corrected chi connectivity index (χ2v) is 8.57. The van der Waals surface area contributed by atoms with Crippen molar-refractivity contribution in [1.82, 2.24) is 0 Å². The number of aliphatic hydroxyl groups excluding tert-OH is 1. The first-order chi connectivity index (χ1) is 12.5. The number of benzene rings is 1. The van der Waals surface area contributed by atoms with E-state index in [0.717, 1.165) is 5.56 Å². The number of aliphatic hydroxyl groups is 1. The Hall–Kier alpha value is -1.20. The molecule has 1 aromatic carbocycles. The van der Waals surface area contributed by atoms with E-state index in [1.54, 1.807) is 20.8 Å². The molecule has 7 heteroatoms. The number of carbonyl (C=O) groups is 1. The average molecular weight is 384 g/mol. The average Bonchev–Trinajstić information content (AvgIpc) is 2.62. The third kappa shape index (κ3) is 4.55. The van der Waals surface area contributed by atoms with Gasteiger partial charge in [0.1, 0.15) is 0 Å². The molecular weight excluding hydrogens is 355 g/mol. The molecule has 4 atom stereocenters. The maximum absolute atomic E-state index is 13.2. The second-order valence-electron chi connectivity index (χ2n) is 6.31. The van der Waals surface area contributed by atoms with E-state index in [1.807, 2.05) is 30.3 Å². The number of carbonyl (C=O) groups excluding carboxylic acids is 1. The summed E-state index contributed by atoms with van der Waals surface area (Å²) in [6.07, 6.45) is -0.107. The molecule has 0 unspecified atom stereocenters. The highest BCUT2D eigenvalue weighted by atomic mass is 31.2. The molecule has 0 amide bonds. The predicted octanol–water partition coefficient (Wildman–Crippen LogP) is 3.74. The van der Waals surface area contributed by atoms with Crippen molar-refractivity contribution >= 4 is 13.6 Å². The van der Waals surface area contributed by atoms with Crippen LogP contribution in [0, 0.1) is 5.92 Å². The number of hydrogen-bond donors (Lipinski definition) is 1. The molecule has 0 aliphatic heterocycles. The van der Waals surface area contributed by atoms with Gasteiger partial charge in [-0.25, -0.2) is 0 Å². The number of hydrogen-bond acceptors (Lipinski definition) is 6. The molecule has 0 bridgehead atoms. The van der Waals surface area contributed by atoms with Crippen molar-refractivity contribution in [1.29, 1.82) is 0 Å². The lowest BCUT2D eigenvalue weighted by molar-refractivity contribution is -0.154. The van der Waals surface area contributed by atoms with Crippen LogP contribution < -0.4 is 0 Å². The van der Waals surface area contributed by atoms with Gasteiger partial charge in [0.15, 0.2) is 0 Å². The minimum absolute atomic E-state index is 0.196. The fraction of sp³-hybridized carbons (Fsp3) is 0.632. The van der Waals surface area contributed by atoms with Gasteiger partial charge in [-0.1, -0.05) is 30.3 Å². The lowest BCUT2D eigenvalue weighted by atomic mass is 9.73. The molecule has 6 nitrogen and oxygen atoms in total. The SMILES string of the molecule is CCOC(=O)[C@@H]1[C@H](O)[C@H](P(=O)(OCC)OCC)CC[C@H]1c1ccccc1. The summed E-state index contributed by atoms with van der Waals surface area (Å²) in [6.45, 7) is 5.85. The molecule has 1 fully saturated rings. The first-order valence-electron chi connectivity index (χ1n) is 9.26. The summed E-state index contributed by atoms with van der Waals surface area (Å²) in [6, 6.07) is 9.59. The molecule has 1 N–H and O–H groups in total. The molecule has 26 heavy (non-hydrogen) atoms. The van der Waals surface area contributed by atoms with Gasteiger partial charge in [0.05, 0.1) is 37.5 Å². The molecule has 146 valence electrons. The Labute approximate surface area is 155 Å². The van der Waals surface area contributed by atoms with Gasteiger partial charge in [0, 0.05) is 0 Å². The van der Waals surface area contributed by atoms with E-state index >= 15 is 0 Å². The summed E-state index contributed by atoms with van der Waals surface area (Å²) < 4.78 is 29.3. The van der Waals surface area contributed by atoms with Crippen molar-refractivity contribution in [2.24, 2.45) is 5.92 Å². The molecule has 0 spiro atoms. The molecule has 1 saturated carbocycles. The molecule has 0 heterocycles. The van der Waals surface area contributed by atoms with Crippen LogP contribution in [0.4, 0.5) is 0 Å². The van der Waals surface area contributed by atoms with Crippen LogP contribution in [0.2, 0.25) is 0 Å².